The van der Waals surface area contributed by atoms with E-state index in [9.17, 15) is 0 Å². The number of hydrogen-bond donors (Lipinski definition) is 1. The molecule has 0 saturated carbocycles. The summed E-state index contributed by atoms with van der Waals surface area (Å²) in [5.74, 6) is 1.48. The SMILES string of the molecule is Cc1ccn(-c2ccccc2CNc2nc(-c3ccncc3)nc3ccccc23)n1. The summed E-state index contributed by atoms with van der Waals surface area (Å²) in [5.41, 5.74) is 5.00. The molecule has 0 spiro atoms. The first-order valence-electron chi connectivity index (χ1n) is 9.79. The van der Waals surface area contributed by atoms with Gasteiger partial charge in [-0.15, -0.1) is 0 Å². The van der Waals surface area contributed by atoms with E-state index in [1.165, 1.54) is 0 Å². The van der Waals surface area contributed by atoms with Crippen LogP contribution in [0.15, 0.2) is 85.3 Å². The smallest absolute Gasteiger partial charge is 0.162 e. The lowest BCUT2D eigenvalue weighted by atomic mass is 10.1. The van der Waals surface area contributed by atoms with Gasteiger partial charge in [0, 0.05) is 36.1 Å². The zero-order chi connectivity index (χ0) is 20.3. The van der Waals surface area contributed by atoms with Gasteiger partial charge in [0.2, 0.25) is 0 Å². The summed E-state index contributed by atoms with van der Waals surface area (Å²) < 4.78 is 1.91. The van der Waals surface area contributed by atoms with Crippen molar-refractivity contribution in [2.75, 3.05) is 5.32 Å². The summed E-state index contributed by atoms with van der Waals surface area (Å²) in [5, 5.41) is 9.07. The van der Waals surface area contributed by atoms with Crippen LogP contribution in [0.1, 0.15) is 11.3 Å². The minimum Gasteiger partial charge on any atom is -0.365 e. The first kappa shape index (κ1) is 18.0. The fourth-order valence-corrected chi connectivity index (χ4v) is 3.45. The van der Waals surface area contributed by atoms with E-state index < -0.39 is 0 Å². The van der Waals surface area contributed by atoms with Gasteiger partial charge < -0.3 is 5.32 Å². The van der Waals surface area contributed by atoms with Crippen molar-refractivity contribution in [3.63, 3.8) is 0 Å². The summed E-state index contributed by atoms with van der Waals surface area (Å²) in [6.45, 7) is 2.61. The molecule has 0 bridgehead atoms. The van der Waals surface area contributed by atoms with Crippen molar-refractivity contribution in [1.29, 1.82) is 0 Å². The third kappa shape index (κ3) is 3.51. The Kier molecular flexibility index (Phi) is 4.65. The fourth-order valence-electron chi connectivity index (χ4n) is 3.45. The molecule has 0 fully saturated rings. The zero-order valence-electron chi connectivity index (χ0n) is 16.5. The number of aromatic nitrogens is 5. The van der Waals surface area contributed by atoms with Crippen LogP contribution in [0.2, 0.25) is 0 Å². The molecule has 6 heteroatoms. The Bertz CT molecular complexity index is 1310. The highest BCUT2D eigenvalue weighted by molar-refractivity contribution is 5.90. The number of nitrogens with one attached hydrogen (secondary N) is 1. The second-order valence-corrected chi connectivity index (χ2v) is 7.03. The van der Waals surface area contributed by atoms with E-state index in [0.29, 0.717) is 12.4 Å². The molecule has 0 aliphatic carbocycles. The number of hydrogen-bond acceptors (Lipinski definition) is 5. The average Bonchev–Trinajstić information content (AvgIpc) is 3.24. The molecule has 0 unspecified atom stereocenters. The van der Waals surface area contributed by atoms with Crippen molar-refractivity contribution in [3.05, 3.63) is 96.6 Å². The van der Waals surface area contributed by atoms with Gasteiger partial charge in [-0.1, -0.05) is 30.3 Å². The number of benzene rings is 2. The van der Waals surface area contributed by atoms with Crippen LogP contribution in [0, 0.1) is 6.92 Å². The zero-order valence-corrected chi connectivity index (χ0v) is 16.5. The second kappa shape index (κ2) is 7.75. The summed E-state index contributed by atoms with van der Waals surface area (Å²) in [6, 6.07) is 22.1. The lowest BCUT2D eigenvalue weighted by molar-refractivity contribution is 0.848. The van der Waals surface area contributed by atoms with Gasteiger partial charge in [-0.05, 0) is 48.9 Å². The molecule has 0 radical (unpaired) electrons. The molecule has 6 nitrogen and oxygen atoms in total. The van der Waals surface area contributed by atoms with Crippen LogP contribution in [0.5, 0.6) is 0 Å². The Labute approximate surface area is 174 Å². The highest BCUT2D eigenvalue weighted by atomic mass is 15.3. The maximum Gasteiger partial charge on any atom is 0.162 e. The van der Waals surface area contributed by atoms with Gasteiger partial charge in [-0.25, -0.2) is 14.6 Å². The molecule has 30 heavy (non-hydrogen) atoms. The van der Waals surface area contributed by atoms with Crippen LogP contribution >= 0.6 is 0 Å². The molecule has 0 atom stereocenters. The normalized spacial score (nSPS) is 11.0. The molecule has 0 aliphatic rings. The topological polar surface area (TPSA) is 68.5 Å². The monoisotopic (exact) mass is 392 g/mol. The van der Waals surface area contributed by atoms with Gasteiger partial charge in [0.1, 0.15) is 5.82 Å². The molecule has 3 aromatic heterocycles. The van der Waals surface area contributed by atoms with Crippen LogP contribution in [-0.4, -0.2) is 24.7 Å². The molecular weight excluding hydrogens is 372 g/mol. The van der Waals surface area contributed by atoms with Gasteiger partial charge in [0.15, 0.2) is 5.82 Å². The molecule has 0 saturated heterocycles. The first-order valence-corrected chi connectivity index (χ1v) is 9.79. The number of pyridine rings is 1. The number of aryl methyl sites for hydroxylation is 1. The molecule has 0 aliphatic heterocycles. The maximum atomic E-state index is 4.82. The largest absolute Gasteiger partial charge is 0.365 e. The van der Waals surface area contributed by atoms with Gasteiger partial charge in [0.25, 0.3) is 0 Å². The van der Waals surface area contributed by atoms with Gasteiger partial charge >= 0.3 is 0 Å². The number of anilines is 1. The third-order valence-electron chi connectivity index (χ3n) is 4.95. The maximum absolute atomic E-state index is 4.82. The van der Waals surface area contributed by atoms with E-state index >= 15 is 0 Å². The number of para-hydroxylation sites is 2. The minimum absolute atomic E-state index is 0.617. The molecule has 3 heterocycles. The van der Waals surface area contributed by atoms with E-state index in [-0.39, 0.29) is 0 Å². The van der Waals surface area contributed by atoms with Gasteiger partial charge in [0.05, 0.1) is 16.9 Å². The molecule has 2 aromatic carbocycles. The number of nitrogens with zero attached hydrogens (tertiary/aromatic N) is 5. The molecule has 5 rings (SSSR count). The predicted octanol–water partition coefficient (Wildman–Crippen LogP) is 4.80. The van der Waals surface area contributed by atoms with Crippen molar-refractivity contribution in [1.82, 2.24) is 24.7 Å². The highest BCUT2D eigenvalue weighted by Crippen LogP contribution is 2.25. The summed E-state index contributed by atoms with van der Waals surface area (Å²) in [7, 11) is 0. The van der Waals surface area contributed by atoms with Crippen molar-refractivity contribution in [2.24, 2.45) is 0 Å². The minimum atomic E-state index is 0.617. The predicted molar refractivity (Wildman–Crippen MR) is 118 cm³/mol. The summed E-state index contributed by atoms with van der Waals surface area (Å²) in [6.07, 6.45) is 5.49. The standard InChI is InChI=1S/C24H20N6/c1-17-12-15-30(29-17)22-9-5-2-6-19(22)16-26-24-20-7-3-4-8-21(20)27-23(28-24)18-10-13-25-14-11-18/h2-15H,16H2,1H3,(H,26,27,28). The Morgan fingerprint density at radius 1 is 0.867 bits per heavy atom. The summed E-state index contributed by atoms with van der Waals surface area (Å²) >= 11 is 0. The van der Waals surface area contributed by atoms with Crippen LogP contribution in [-0.2, 0) is 6.54 Å². The molecule has 146 valence electrons. The Morgan fingerprint density at radius 3 is 2.50 bits per heavy atom. The van der Waals surface area contributed by atoms with Crippen molar-refractivity contribution in [3.8, 4) is 17.1 Å². The Morgan fingerprint density at radius 2 is 1.67 bits per heavy atom. The molecular formula is C24H20N6. The van der Waals surface area contributed by atoms with Crippen LogP contribution in [0.25, 0.3) is 28.0 Å². The van der Waals surface area contributed by atoms with E-state index in [1.54, 1.807) is 12.4 Å². The summed E-state index contributed by atoms with van der Waals surface area (Å²) in [4.78, 5) is 13.6. The lowest BCUT2D eigenvalue weighted by Gasteiger charge is -2.13. The quantitative estimate of drug-likeness (QED) is 0.465. The molecule has 5 aromatic rings. The fraction of sp³-hybridized carbons (Fsp3) is 0.0833. The Balaban J connectivity index is 1.52. The number of rotatable bonds is 5. The second-order valence-electron chi connectivity index (χ2n) is 7.03. The van der Waals surface area contributed by atoms with E-state index in [0.717, 1.165) is 39.2 Å². The van der Waals surface area contributed by atoms with Crippen LogP contribution in [0.4, 0.5) is 5.82 Å². The lowest BCUT2D eigenvalue weighted by Crippen LogP contribution is -2.08. The first-order chi connectivity index (χ1) is 14.8. The van der Waals surface area contributed by atoms with Gasteiger partial charge in [-0.3, -0.25) is 4.98 Å². The Hall–Kier alpha value is -4.06. The average molecular weight is 392 g/mol. The third-order valence-corrected chi connectivity index (χ3v) is 4.95. The van der Waals surface area contributed by atoms with Crippen LogP contribution in [0.3, 0.4) is 0 Å². The van der Waals surface area contributed by atoms with Crippen LogP contribution < -0.4 is 5.32 Å². The molecule has 1 N–H and O–H groups in total. The van der Waals surface area contributed by atoms with E-state index in [2.05, 4.69) is 27.5 Å². The van der Waals surface area contributed by atoms with E-state index in [1.807, 2.05) is 72.4 Å². The van der Waals surface area contributed by atoms with Crippen molar-refractivity contribution >= 4 is 16.7 Å². The molecule has 0 amide bonds. The number of fused-ring (bicyclic) bond motifs is 1. The van der Waals surface area contributed by atoms with Crippen molar-refractivity contribution < 1.29 is 0 Å². The highest BCUT2D eigenvalue weighted by Gasteiger charge is 2.11. The van der Waals surface area contributed by atoms with E-state index in [4.69, 9.17) is 9.97 Å². The van der Waals surface area contributed by atoms with Crippen molar-refractivity contribution in [2.45, 2.75) is 13.5 Å². The van der Waals surface area contributed by atoms with Gasteiger partial charge in [-0.2, -0.15) is 5.10 Å².